The Morgan fingerprint density at radius 1 is 1.38 bits per heavy atom. The van der Waals surface area contributed by atoms with Gasteiger partial charge >= 0.3 is 0 Å². The zero-order valence-corrected chi connectivity index (χ0v) is 7.97. The molecule has 2 rings (SSSR count). The quantitative estimate of drug-likeness (QED) is 0.605. The van der Waals surface area contributed by atoms with E-state index in [0.29, 0.717) is 0 Å². The van der Waals surface area contributed by atoms with Crippen molar-refractivity contribution in [1.29, 1.82) is 0 Å². The molecule has 1 aliphatic rings. The Bertz CT molecular complexity index is 371. The number of benzene rings is 1. The van der Waals surface area contributed by atoms with Gasteiger partial charge in [-0.2, -0.15) is 0 Å². The fraction of sp³-hybridized carbons (Fsp3) is 0.0833. The van der Waals surface area contributed by atoms with Crippen LogP contribution < -0.4 is 0 Å². The molecule has 1 aromatic carbocycles. The van der Waals surface area contributed by atoms with Gasteiger partial charge in [0.15, 0.2) is 0 Å². The Kier molecular flexibility index (Phi) is 2.37. The van der Waals surface area contributed by atoms with E-state index in [4.69, 9.17) is 12.2 Å². The lowest BCUT2D eigenvalue weighted by atomic mass is 9.97. The first kappa shape index (κ1) is 8.39. The van der Waals surface area contributed by atoms with Crippen molar-refractivity contribution in [3.05, 3.63) is 54.1 Å². The zero-order valence-electron chi connectivity index (χ0n) is 7.16. The molecule has 0 unspecified atom stereocenters. The molecule has 1 aliphatic carbocycles. The maximum atomic E-state index is 5.28. The van der Waals surface area contributed by atoms with Crippen LogP contribution in [0.1, 0.15) is 12.0 Å². The second-order valence-electron chi connectivity index (χ2n) is 2.93. The lowest BCUT2D eigenvalue weighted by Gasteiger charge is -2.09. The van der Waals surface area contributed by atoms with Gasteiger partial charge in [-0.1, -0.05) is 48.6 Å². The summed E-state index contributed by atoms with van der Waals surface area (Å²) in [6.45, 7) is 0. The summed E-state index contributed by atoms with van der Waals surface area (Å²) in [7, 11) is 0. The molecular formula is C12H9S. The van der Waals surface area contributed by atoms with E-state index in [1.54, 1.807) is 0 Å². The third-order valence-electron chi connectivity index (χ3n) is 2.02. The highest BCUT2D eigenvalue weighted by molar-refractivity contribution is 7.81. The van der Waals surface area contributed by atoms with Crippen molar-refractivity contribution in [2.75, 3.05) is 0 Å². The third-order valence-corrected chi connectivity index (χ3v) is 2.41. The third kappa shape index (κ3) is 1.76. The van der Waals surface area contributed by atoms with Crippen LogP contribution >= 0.6 is 12.2 Å². The molecule has 0 fully saturated rings. The summed E-state index contributed by atoms with van der Waals surface area (Å²) in [5.74, 6) is 0. The van der Waals surface area contributed by atoms with Crippen LogP contribution in [0.25, 0.3) is 5.57 Å². The van der Waals surface area contributed by atoms with Crippen LogP contribution in [0.2, 0.25) is 0 Å². The SMILES string of the molecule is S=C1CC=CC=C1c1c[c]ccc1. The van der Waals surface area contributed by atoms with Crippen LogP contribution in [0, 0.1) is 6.07 Å². The van der Waals surface area contributed by atoms with Crippen molar-refractivity contribution >= 4 is 22.7 Å². The van der Waals surface area contributed by atoms with E-state index in [-0.39, 0.29) is 0 Å². The fourth-order valence-electron chi connectivity index (χ4n) is 1.36. The van der Waals surface area contributed by atoms with E-state index < -0.39 is 0 Å². The molecule has 0 amide bonds. The molecule has 0 spiro atoms. The van der Waals surface area contributed by atoms with E-state index in [2.05, 4.69) is 30.4 Å². The van der Waals surface area contributed by atoms with Gasteiger partial charge in [-0.05, 0) is 23.3 Å². The maximum Gasteiger partial charge on any atom is 0.0268 e. The predicted octanol–water partition coefficient (Wildman–Crippen LogP) is 3.20. The van der Waals surface area contributed by atoms with Crippen molar-refractivity contribution in [3.63, 3.8) is 0 Å². The van der Waals surface area contributed by atoms with Gasteiger partial charge in [-0.3, -0.25) is 0 Å². The highest BCUT2D eigenvalue weighted by Gasteiger charge is 2.07. The molecular weight excluding hydrogens is 176 g/mol. The molecule has 0 aromatic heterocycles. The van der Waals surface area contributed by atoms with Crippen LogP contribution in [0.4, 0.5) is 0 Å². The Morgan fingerprint density at radius 2 is 2.31 bits per heavy atom. The molecule has 1 heteroatoms. The minimum absolute atomic E-state index is 0.885. The number of thiocarbonyl (C=S) groups is 1. The van der Waals surface area contributed by atoms with Crippen LogP contribution in [-0.2, 0) is 0 Å². The van der Waals surface area contributed by atoms with Gasteiger partial charge in [0.2, 0.25) is 0 Å². The van der Waals surface area contributed by atoms with Crippen molar-refractivity contribution in [3.8, 4) is 0 Å². The topological polar surface area (TPSA) is 0 Å². The Labute approximate surface area is 83.6 Å². The molecule has 0 saturated carbocycles. The summed E-state index contributed by atoms with van der Waals surface area (Å²) in [5.41, 5.74) is 2.33. The smallest absolute Gasteiger partial charge is 0.0268 e. The van der Waals surface area contributed by atoms with Gasteiger partial charge in [0, 0.05) is 11.3 Å². The van der Waals surface area contributed by atoms with Gasteiger partial charge in [0.25, 0.3) is 0 Å². The molecule has 0 nitrogen and oxygen atoms in total. The molecule has 13 heavy (non-hydrogen) atoms. The minimum Gasteiger partial charge on any atom is -0.0839 e. The van der Waals surface area contributed by atoms with Crippen LogP contribution in [0.5, 0.6) is 0 Å². The second-order valence-corrected chi connectivity index (χ2v) is 3.42. The van der Waals surface area contributed by atoms with Crippen LogP contribution in [0.15, 0.2) is 42.5 Å². The molecule has 63 valence electrons. The molecule has 0 heterocycles. The Balaban J connectivity index is 2.41. The monoisotopic (exact) mass is 185 g/mol. The van der Waals surface area contributed by atoms with Crippen molar-refractivity contribution in [2.24, 2.45) is 0 Å². The summed E-state index contributed by atoms with van der Waals surface area (Å²) in [5, 5.41) is 0. The first-order valence-electron chi connectivity index (χ1n) is 4.24. The fourth-order valence-corrected chi connectivity index (χ4v) is 1.64. The largest absolute Gasteiger partial charge is 0.0839 e. The molecule has 0 saturated heterocycles. The Morgan fingerprint density at radius 3 is 3.00 bits per heavy atom. The average Bonchev–Trinajstić information content (AvgIpc) is 2.20. The summed E-state index contributed by atoms with van der Waals surface area (Å²) in [6, 6.07) is 11.0. The number of allylic oxidation sites excluding steroid dienone is 4. The lowest BCUT2D eigenvalue weighted by molar-refractivity contribution is 1.49. The van der Waals surface area contributed by atoms with E-state index in [0.717, 1.165) is 22.4 Å². The first-order chi connectivity index (χ1) is 6.38. The predicted molar refractivity (Wildman–Crippen MR) is 59.6 cm³/mol. The standard InChI is InChI=1S/C12H9S/c13-12-9-5-4-8-11(12)10-6-2-1-3-7-10/h1-2,4-8H,9H2. The molecule has 1 radical (unpaired) electrons. The van der Waals surface area contributed by atoms with Gasteiger partial charge < -0.3 is 0 Å². The van der Waals surface area contributed by atoms with E-state index in [9.17, 15) is 0 Å². The number of hydrogen-bond acceptors (Lipinski definition) is 1. The highest BCUT2D eigenvalue weighted by atomic mass is 32.1. The van der Waals surface area contributed by atoms with E-state index >= 15 is 0 Å². The van der Waals surface area contributed by atoms with Crippen LogP contribution in [-0.4, -0.2) is 4.86 Å². The van der Waals surface area contributed by atoms with Gasteiger partial charge in [0.1, 0.15) is 0 Å². The van der Waals surface area contributed by atoms with Crippen molar-refractivity contribution in [2.45, 2.75) is 6.42 Å². The van der Waals surface area contributed by atoms with Gasteiger partial charge in [-0.25, -0.2) is 0 Å². The molecule has 0 aliphatic heterocycles. The highest BCUT2D eigenvalue weighted by Crippen LogP contribution is 2.20. The lowest BCUT2D eigenvalue weighted by Crippen LogP contribution is -2.00. The Hall–Kier alpha value is -1.21. The van der Waals surface area contributed by atoms with Crippen molar-refractivity contribution < 1.29 is 0 Å². The zero-order chi connectivity index (χ0) is 9.10. The average molecular weight is 185 g/mol. The van der Waals surface area contributed by atoms with Crippen LogP contribution in [0.3, 0.4) is 0 Å². The maximum absolute atomic E-state index is 5.28. The first-order valence-corrected chi connectivity index (χ1v) is 4.65. The summed E-state index contributed by atoms with van der Waals surface area (Å²) in [6.07, 6.45) is 7.09. The number of hydrogen-bond donors (Lipinski definition) is 0. The second kappa shape index (κ2) is 3.67. The molecule has 0 atom stereocenters. The summed E-state index contributed by atoms with van der Waals surface area (Å²) >= 11 is 5.28. The van der Waals surface area contributed by atoms with Gasteiger partial charge in [-0.15, -0.1) is 0 Å². The molecule has 1 aromatic rings. The minimum atomic E-state index is 0.885. The normalized spacial score (nSPS) is 15.7. The summed E-state index contributed by atoms with van der Waals surface area (Å²) in [4.78, 5) is 1.02. The molecule has 0 bridgehead atoms. The van der Waals surface area contributed by atoms with E-state index in [1.165, 1.54) is 0 Å². The summed E-state index contributed by atoms with van der Waals surface area (Å²) < 4.78 is 0. The molecule has 0 N–H and O–H groups in total. The number of rotatable bonds is 1. The van der Waals surface area contributed by atoms with E-state index in [1.807, 2.05) is 18.2 Å². The van der Waals surface area contributed by atoms with Gasteiger partial charge in [0.05, 0.1) is 0 Å². The van der Waals surface area contributed by atoms with Crippen molar-refractivity contribution in [1.82, 2.24) is 0 Å².